The molecule has 1 aromatic heterocycles. The Labute approximate surface area is 124 Å². The maximum Gasteiger partial charge on any atom is 0.317 e. The number of urea groups is 1. The molecule has 2 heterocycles. The third-order valence-corrected chi connectivity index (χ3v) is 4.18. The highest BCUT2D eigenvalue weighted by Crippen LogP contribution is 2.11. The lowest BCUT2D eigenvalue weighted by Crippen LogP contribution is -2.51. The first kappa shape index (κ1) is 15.3. The van der Waals surface area contributed by atoms with Gasteiger partial charge < -0.3 is 15.0 Å². The molecule has 0 aliphatic carbocycles. The Morgan fingerprint density at radius 2 is 2.20 bits per heavy atom. The third kappa shape index (κ3) is 4.77. The van der Waals surface area contributed by atoms with Gasteiger partial charge in [0.1, 0.15) is 0 Å². The Balaban J connectivity index is 1.64. The average Bonchev–Trinajstić information content (AvgIpc) is 2.97. The Morgan fingerprint density at radius 3 is 2.85 bits per heavy atom. The van der Waals surface area contributed by atoms with Crippen LogP contribution in [0.5, 0.6) is 0 Å². The average molecular weight is 297 g/mol. The van der Waals surface area contributed by atoms with Crippen molar-refractivity contribution in [3.8, 4) is 0 Å². The SMILES string of the molecule is COCCCNC(=O)N1CCN(Cc2ccsc2)CC1. The summed E-state index contributed by atoms with van der Waals surface area (Å²) in [4.78, 5) is 16.2. The summed E-state index contributed by atoms with van der Waals surface area (Å²) in [5.74, 6) is 0. The van der Waals surface area contributed by atoms with Crippen LogP contribution in [0, 0.1) is 0 Å². The standard InChI is InChI=1S/C14H23N3O2S/c1-19-9-2-4-15-14(18)17-7-5-16(6-8-17)11-13-3-10-20-12-13/h3,10,12H,2,4-9,11H2,1H3,(H,15,18). The van der Waals surface area contributed by atoms with E-state index in [4.69, 9.17) is 4.74 Å². The molecule has 1 aromatic rings. The summed E-state index contributed by atoms with van der Waals surface area (Å²) in [6, 6.07) is 2.22. The van der Waals surface area contributed by atoms with Crippen molar-refractivity contribution < 1.29 is 9.53 Å². The number of carbonyl (C=O) groups is 1. The number of hydrogen-bond donors (Lipinski definition) is 1. The van der Waals surface area contributed by atoms with E-state index >= 15 is 0 Å². The van der Waals surface area contributed by atoms with Crippen molar-refractivity contribution in [3.05, 3.63) is 22.4 Å². The molecule has 1 N–H and O–H groups in total. The monoisotopic (exact) mass is 297 g/mol. The molecule has 0 radical (unpaired) electrons. The number of amides is 2. The quantitative estimate of drug-likeness (QED) is 0.812. The number of methoxy groups -OCH3 is 1. The molecule has 6 heteroatoms. The number of hydrogen-bond acceptors (Lipinski definition) is 4. The second-order valence-corrected chi connectivity index (χ2v) is 5.75. The van der Waals surface area contributed by atoms with Gasteiger partial charge >= 0.3 is 6.03 Å². The van der Waals surface area contributed by atoms with Crippen molar-refractivity contribution in [3.63, 3.8) is 0 Å². The van der Waals surface area contributed by atoms with Crippen LogP contribution >= 0.6 is 11.3 Å². The van der Waals surface area contributed by atoms with Crippen molar-refractivity contribution in [2.45, 2.75) is 13.0 Å². The molecule has 0 saturated carbocycles. The second kappa shape index (κ2) is 8.24. The number of thiophene rings is 1. The van der Waals surface area contributed by atoms with E-state index in [2.05, 4.69) is 27.0 Å². The molecule has 1 fully saturated rings. The molecule has 5 nitrogen and oxygen atoms in total. The van der Waals surface area contributed by atoms with Crippen molar-refractivity contribution in [2.24, 2.45) is 0 Å². The van der Waals surface area contributed by atoms with Crippen LogP contribution in [-0.4, -0.2) is 62.3 Å². The van der Waals surface area contributed by atoms with Gasteiger partial charge in [0.05, 0.1) is 0 Å². The molecule has 20 heavy (non-hydrogen) atoms. The summed E-state index contributed by atoms with van der Waals surface area (Å²) in [5, 5.41) is 7.24. The Bertz CT molecular complexity index is 389. The van der Waals surface area contributed by atoms with Crippen molar-refractivity contribution in [1.29, 1.82) is 0 Å². The number of carbonyl (C=O) groups excluding carboxylic acids is 1. The summed E-state index contributed by atoms with van der Waals surface area (Å²) in [6.45, 7) is 5.87. The highest BCUT2D eigenvalue weighted by Gasteiger charge is 2.20. The molecule has 1 saturated heterocycles. The van der Waals surface area contributed by atoms with Gasteiger partial charge in [-0.3, -0.25) is 4.90 Å². The van der Waals surface area contributed by atoms with Crippen molar-refractivity contribution in [1.82, 2.24) is 15.1 Å². The van der Waals surface area contributed by atoms with E-state index in [1.54, 1.807) is 18.4 Å². The van der Waals surface area contributed by atoms with Crippen LogP contribution < -0.4 is 5.32 Å². The molecular weight excluding hydrogens is 274 g/mol. The first-order valence-corrected chi connectivity index (χ1v) is 7.99. The van der Waals surface area contributed by atoms with Gasteiger partial charge in [0.2, 0.25) is 0 Å². The Kier molecular flexibility index (Phi) is 6.29. The van der Waals surface area contributed by atoms with Crippen LogP contribution in [0.2, 0.25) is 0 Å². The van der Waals surface area contributed by atoms with Crippen LogP contribution in [0.4, 0.5) is 4.79 Å². The lowest BCUT2D eigenvalue weighted by Gasteiger charge is -2.34. The number of nitrogens with one attached hydrogen (secondary N) is 1. The highest BCUT2D eigenvalue weighted by atomic mass is 32.1. The van der Waals surface area contributed by atoms with Crippen molar-refractivity contribution >= 4 is 17.4 Å². The van der Waals surface area contributed by atoms with Gasteiger partial charge in [-0.05, 0) is 28.8 Å². The van der Waals surface area contributed by atoms with E-state index in [-0.39, 0.29) is 6.03 Å². The van der Waals surface area contributed by atoms with Gasteiger partial charge in [0.15, 0.2) is 0 Å². The summed E-state index contributed by atoms with van der Waals surface area (Å²) in [7, 11) is 1.68. The van der Waals surface area contributed by atoms with Crippen LogP contribution in [0.1, 0.15) is 12.0 Å². The minimum absolute atomic E-state index is 0.0521. The zero-order valence-electron chi connectivity index (χ0n) is 12.0. The summed E-state index contributed by atoms with van der Waals surface area (Å²) in [5.41, 5.74) is 1.37. The zero-order valence-corrected chi connectivity index (χ0v) is 12.8. The van der Waals surface area contributed by atoms with Crippen LogP contribution in [0.15, 0.2) is 16.8 Å². The molecule has 0 bridgehead atoms. The zero-order chi connectivity index (χ0) is 14.2. The number of nitrogens with zero attached hydrogens (tertiary/aromatic N) is 2. The van der Waals surface area contributed by atoms with Crippen LogP contribution in [0.25, 0.3) is 0 Å². The lowest BCUT2D eigenvalue weighted by molar-refractivity contribution is 0.134. The second-order valence-electron chi connectivity index (χ2n) is 4.97. The number of ether oxygens (including phenoxy) is 1. The van der Waals surface area contributed by atoms with Gasteiger partial charge in [-0.25, -0.2) is 4.79 Å². The fraction of sp³-hybridized carbons (Fsp3) is 0.643. The fourth-order valence-corrected chi connectivity index (χ4v) is 2.93. The maximum atomic E-state index is 11.9. The van der Waals surface area contributed by atoms with Gasteiger partial charge in [0.25, 0.3) is 0 Å². The van der Waals surface area contributed by atoms with E-state index in [0.29, 0.717) is 13.2 Å². The summed E-state index contributed by atoms with van der Waals surface area (Å²) >= 11 is 1.74. The summed E-state index contributed by atoms with van der Waals surface area (Å²) < 4.78 is 4.96. The molecule has 112 valence electrons. The normalized spacial score (nSPS) is 16.4. The van der Waals surface area contributed by atoms with E-state index < -0.39 is 0 Å². The topological polar surface area (TPSA) is 44.8 Å². The predicted octanol–water partition coefficient (Wildman–Crippen LogP) is 1.61. The van der Waals surface area contributed by atoms with E-state index in [1.807, 2.05) is 4.90 Å². The molecular formula is C14H23N3O2S. The van der Waals surface area contributed by atoms with E-state index in [1.165, 1.54) is 5.56 Å². The van der Waals surface area contributed by atoms with Gasteiger partial charge in [0, 0.05) is 53.0 Å². The first-order chi connectivity index (χ1) is 9.79. The predicted molar refractivity (Wildman–Crippen MR) is 81.1 cm³/mol. The Morgan fingerprint density at radius 1 is 1.40 bits per heavy atom. The molecule has 1 aliphatic rings. The van der Waals surface area contributed by atoms with Gasteiger partial charge in [-0.1, -0.05) is 0 Å². The number of piperazine rings is 1. The molecule has 2 rings (SSSR count). The molecule has 1 aliphatic heterocycles. The van der Waals surface area contributed by atoms with Gasteiger partial charge in [-0.2, -0.15) is 11.3 Å². The maximum absolute atomic E-state index is 11.9. The smallest absolute Gasteiger partial charge is 0.317 e. The molecule has 2 amide bonds. The molecule has 0 spiro atoms. The van der Waals surface area contributed by atoms with Crippen molar-refractivity contribution in [2.75, 3.05) is 46.4 Å². The molecule has 0 unspecified atom stereocenters. The van der Waals surface area contributed by atoms with Crippen LogP contribution in [0.3, 0.4) is 0 Å². The minimum Gasteiger partial charge on any atom is -0.385 e. The van der Waals surface area contributed by atoms with E-state index in [9.17, 15) is 4.79 Å². The highest BCUT2D eigenvalue weighted by molar-refractivity contribution is 7.07. The largest absolute Gasteiger partial charge is 0.385 e. The molecule has 0 atom stereocenters. The molecule has 0 aromatic carbocycles. The Hall–Kier alpha value is -1.11. The fourth-order valence-electron chi connectivity index (χ4n) is 2.27. The number of rotatable bonds is 6. The minimum atomic E-state index is 0.0521. The van der Waals surface area contributed by atoms with E-state index in [0.717, 1.165) is 39.1 Å². The lowest BCUT2D eigenvalue weighted by atomic mass is 10.2. The summed E-state index contributed by atoms with van der Waals surface area (Å²) in [6.07, 6.45) is 0.861. The van der Waals surface area contributed by atoms with Crippen LogP contribution in [-0.2, 0) is 11.3 Å². The van der Waals surface area contributed by atoms with Gasteiger partial charge in [-0.15, -0.1) is 0 Å². The first-order valence-electron chi connectivity index (χ1n) is 7.04. The third-order valence-electron chi connectivity index (χ3n) is 3.45.